The van der Waals surface area contributed by atoms with Gasteiger partial charge >= 0.3 is 0 Å². The fourth-order valence-corrected chi connectivity index (χ4v) is 1.35. The maximum absolute atomic E-state index is 5.77. The van der Waals surface area contributed by atoms with E-state index >= 15 is 0 Å². The predicted molar refractivity (Wildman–Crippen MR) is 60.1 cm³/mol. The van der Waals surface area contributed by atoms with Crippen LogP contribution in [-0.4, -0.2) is 0 Å². The van der Waals surface area contributed by atoms with Crippen molar-refractivity contribution in [3.05, 3.63) is 59.2 Å². The average molecular weight is 201 g/mol. The third-order valence-electron chi connectivity index (χ3n) is 1.98. The van der Waals surface area contributed by atoms with Crippen LogP contribution in [0.15, 0.2) is 48.6 Å². The lowest BCUT2D eigenvalue weighted by molar-refractivity contribution is 1.15. The van der Waals surface area contributed by atoms with Crippen molar-refractivity contribution in [2.24, 2.45) is 5.92 Å². The Kier molecular flexibility index (Phi) is 2.72. The monoisotopic (exact) mass is 200 g/mol. The zero-order valence-corrected chi connectivity index (χ0v) is 8.33. The number of hydrogen-bond acceptors (Lipinski definition) is 0. The quantitative estimate of drug-likeness (QED) is 0.563. The molecule has 14 heavy (non-hydrogen) atoms. The lowest BCUT2D eigenvalue weighted by Crippen LogP contribution is -1.82. The third-order valence-corrected chi connectivity index (χ3v) is 2.23. The SMILES string of the molecule is Clc1ccc(C#CC2C=CC=C2)cc1. The molecule has 1 heteroatoms. The minimum absolute atomic E-state index is 0.269. The first-order valence-electron chi connectivity index (χ1n) is 4.47. The molecule has 1 aliphatic carbocycles. The highest BCUT2D eigenvalue weighted by Crippen LogP contribution is 2.10. The Balaban J connectivity index is 2.13. The molecule has 1 aromatic rings. The summed E-state index contributed by atoms with van der Waals surface area (Å²) in [5.41, 5.74) is 1.00. The standard InChI is InChI=1S/C13H9Cl/c14-13-9-7-12(8-10-13)6-5-11-3-1-2-4-11/h1-4,7-11H. The zero-order chi connectivity index (χ0) is 9.80. The molecule has 0 aromatic heterocycles. The molecule has 0 radical (unpaired) electrons. The van der Waals surface area contributed by atoms with Crippen molar-refractivity contribution in [1.29, 1.82) is 0 Å². The van der Waals surface area contributed by atoms with Gasteiger partial charge in [-0.2, -0.15) is 0 Å². The van der Waals surface area contributed by atoms with E-state index in [0.29, 0.717) is 0 Å². The second-order valence-corrected chi connectivity index (χ2v) is 3.51. The van der Waals surface area contributed by atoms with E-state index in [1.54, 1.807) is 0 Å². The molecule has 0 atom stereocenters. The Morgan fingerprint density at radius 2 is 1.64 bits per heavy atom. The minimum Gasteiger partial charge on any atom is -0.0861 e. The molecule has 68 valence electrons. The molecule has 0 saturated carbocycles. The van der Waals surface area contributed by atoms with Gasteiger partial charge in [-0.05, 0) is 24.3 Å². The Labute approximate surface area is 88.9 Å². The molecule has 0 fully saturated rings. The lowest BCUT2D eigenvalue weighted by Gasteiger charge is -1.92. The van der Waals surface area contributed by atoms with Crippen LogP contribution in [0, 0.1) is 17.8 Å². The van der Waals surface area contributed by atoms with Gasteiger partial charge in [-0.25, -0.2) is 0 Å². The van der Waals surface area contributed by atoms with E-state index in [1.165, 1.54) is 0 Å². The summed E-state index contributed by atoms with van der Waals surface area (Å²) in [6.45, 7) is 0. The predicted octanol–water partition coefficient (Wildman–Crippen LogP) is 3.43. The number of rotatable bonds is 0. The first-order valence-corrected chi connectivity index (χ1v) is 4.84. The molecular formula is C13H9Cl. The molecular weight excluding hydrogens is 192 g/mol. The Morgan fingerprint density at radius 1 is 1.00 bits per heavy atom. The topological polar surface area (TPSA) is 0 Å². The summed E-state index contributed by atoms with van der Waals surface area (Å²) in [7, 11) is 0. The van der Waals surface area contributed by atoms with Gasteiger partial charge in [-0.1, -0.05) is 47.7 Å². The summed E-state index contributed by atoms with van der Waals surface area (Å²) in [5, 5.41) is 0.746. The van der Waals surface area contributed by atoms with E-state index < -0.39 is 0 Å². The summed E-state index contributed by atoms with van der Waals surface area (Å²) >= 11 is 5.77. The Bertz CT molecular complexity index is 415. The van der Waals surface area contributed by atoms with Gasteiger partial charge in [0.05, 0.1) is 5.92 Å². The average Bonchev–Trinajstić information content (AvgIpc) is 2.70. The van der Waals surface area contributed by atoms with Gasteiger partial charge in [0.15, 0.2) is 0 Å². The van der Waals surface area contributed by atoms with Gasteiger partial charge in [-0.3, -0.25) is 0 Å². The van der Waals surface area contributed by atoms with Crippen LogP contribution < -0.4 is 0 Å². The fraction of sp³-hybridized carbons (Fsp3) is 0.0769. The van der Waals surface area contributed by atoms with Crippen LogP contribution >= 0.6 is 11.6 Å². The molecule has 0 bridgehead atoms. The van der Waals surface area contributed by atoms with E-state index in [-0.39, 0.29) is 5.92 Å². The molecule has 1 aliphatic rings. The van der Waals surface area contributed by atoms with Crippen molar-refractivity contribution in [2.75, 3.05) is 0 Å². The highest BCUT2D eigenvalue weighted by Gasteiger charge is 1.96. The van der Waals surface area contributed by atoms with Crippen molar-refractivity contribution in [2.45, 2.75) is 0 Å². The van der Waals surface area contributed by atoms with E-state index in [2.05, 4.69) is 24.0 Å². The zero-order valence-electron chi connectivity index (χ0n) is 7.57. The van der Waals surface area contributed by atoms with Crippen LogP contribution in [0.2, 0.25) is 5.02 Å². The molecule has 0 aliphatic heterocycles. The highest BCUT2D eigenvalue weighted by molar-refractivity contribution is 6.30. The van der Waals surface area contributed by atoms with Gasteiger partial charge in [0.25, 0.3) is 0 Å². The molecule has 0 amide bonds. The summed E-state index contributed by atoms with van der Waals surface area (Å²) in [6.07, 6.45) is 8.17. The van der Waals surface area contributed by atoms with Crippen molar-refractivity contribution in [3.63, 3.8) is 0 Å². The summed E-state index contributed by atoms with van der Waals surface area (Å²) in [4.78, 5) is 0. The Morgan fingerprint density at radius 3 is 2.29 bits per heavy atom. The number of benzene rings is 1. The van der Waals surface area contributed by atoms with E-state index in [4.69, 9.17) is 11.6 Å². The number of allylic oxidation sites excluding steroid dienone is 4. The van der Waals surface area contributed by atoms with E-state index in [0.717, 1.165) is 10.6 Å². The highest BCUT2D eigenvalue weighted by atomic mass is 35.5. The number of hydrogen-bond donors (Lipinski definition) is 0. The molecule has 0 N–H and O–H groups in total. The molecule has 2 rings (SSSR count). The molecule has 0 unspecified atom stereocenters. The van der Waals surface area contributed by atoms with Gasteiger partial charge in [0.1, 0.15) is 0 Å². The first kappa shape index (κ1) is 9.12. The van der Waals surface area contributed by atoms with Crippen LogP contribution in [0.3, 0.4) is 0 Å². The van der Waals surface area contributed by atoms with Gasteiger partial charge in [0, 0.05) is 10.6 Å². The van der Waals surface area contributed by atoms with Crippen molar-refractivity contribution in [3.8, 4) is 11.8 Å². The summed E-state index contributed by atoms with van der Waals surface area (Å²) in [5.74, 6) is 6.52. The normalized spacial score (nSPS) is 14.1. The van der Waals surface area contributed by atoms with Crippen LogP contribution in [0.1, 0.15) is 5.56 Å². The molecule has 1 aromatic carbocycles. The van der Waals surface area contributed by atoms with Crippen LogP contribution in [0.25, 0.3) is 0 Å². The van der Waals surface area contributed by atoms with Gasteiger partial charge in [0.2, 0.25) is 0 Å². The largest absolute Gasteiger partial charge is 0.0861 e. The molecule has 0 saturated heterocycles. The fourth-order valence-electron chi connectivity index (χ4n) is 1.23. The van der Waals surface area contributed by atoms with Crippen LogP contribution in [0.5, 0.6) is 0 Å². The summed E-state index contributed by atoms with van der Waals surface area (Å²) < 4.78 is 0. The second-order valence-electron chi connectivity index (χ2n) is 3.07. The number of halogens is 1. The maximum Gasteiger partial charge on any atom is 0.0573 e. The molecule has 0 spiro atoms. The van der Waals surface area contributed by atoms with E-state index in [9.17, 15) is 0 Å². The second kappa shape index (κ2) is 4.17. The van der Waals surface area contributed by atoms with Crippen LogP contribution in [-0.2, 0) is 0 Å². The van der Waals surface area contributed by atoms with Gasteiger partial charge in [-0.15, -0.1) is 0 Å². The van der Waals surface area contributed by atoms with Gasteiger partial charge < -0.3 is 0 Å². The van der Waals surface area contributed by atoms with Crippen LogP contribution in [0.4, 0.5) is 0 Å². The van der Waals surface area contributed by atoms with E-state index in [1.807, 2.05) is 36.4 Å². The Hall–Kier alpha value is -1.45. The minimum atomic E-state index is 0.269. The first-order chi connectivity index (χ1) is 6.84. The maximum atomic E-state index is 5.77. The lowest BCUT2D eigenvalue weighted by atomic mass is 10.1. The van der Waals surface area contributed by atoms with Crippen molar-refractivity contribution in [1.82, 2.24) is 0 Å². The molecule has 0 nitrogen and oxygen atoms in total. The van der Waals surface area contributed by atoms with Crippen molar-refractivity contribution < 1.29 is 0 Å². The smallest absolute Gasteiger partial charge is 0.0573 e. The van der Waals surface area contributed by atoms with Crippen molar-refractivity contribution >= 4 is 11.6 Å². The summed E-state index contributed by atoms with van der Waals surface area (Å²) in [6, 6.07) is 7.56. The third kappa shape index (κ3) is 2.28. The molecule has 0 heterocycles.